The zero-order valence-corrected chi connectivity index (χ0v) is 14.9. The highest BCUT2D eigenvalue weighted by molar-refractivity contribution is 4.96. The van der Waals surface area contributed by atoms with Crippen molar-refractivity contribution in [3.8, 4) is 0 Å². The van der Waals surface area contributed by atoms with Crippen molar-refractivity contribution in [2.45, 2.75) is 104 Å². The van der Waals surface area contributed by atoms with Crippen LogP contribution >= 0.6 is 0 Å². The second kappa shape index (κ2) is 8.56. The van der Waals surface area contributed by atoms with Crippen molar-refractivity contribution in [3.63, 3.8) is 0 Å². The molecule has 2 fully saturated rings. The fourth-order valence-electron chi connectivity index (χ4n) is 5.21. The normalized spacial score (nSPS) is 24.6. The summed E-state index contributed by atoms with van der Waals surface area (Å²) < 4.78 is 0. The fraction of sp³-hybridized carbons (Fsp3) is 1.00. The Morgan fingerprint density at radius 3 is 2.24 bits per heavy atom. The van der Waals surface area contributed by atoms with Gasteiger partial charge in [0.25, 0.3) is 0 Å². The van der Waals surface area contributed by atoms with Gasteiger partial charge in [-0.1, -0.05) is 65.7 Å². The van der Waals surface area contributed by atoms with Crippen LogP contribution in [0.2, 0.25) is 0 Å². The first-order chi connectivity index (χ1) is 10.2. The Morgan fingerprint density at radius 1 is 1.00 bits per heavy atom. The average Bonchev–Trinajstić information content (AvgIpc) is 2.93. The quantitative estimate of drug-likeness (QED) is 0.584. The molecule has 1 atom stereocenters. The van der Waals surface area contributed by atoms with Crippen molar-refractivity contribution in [1.82, 2.24) is 5.32 Å². The topological polar surface area (TPSA) is 12.0 Å². The molecule has 0 aromatic carbocycles. The molecule has 21 heavy (non-hydrogen) atoms. The van der Waals surface area contributed by atoms with Crippen LogP contribution in [0.5, 0.6) is 0 Å². The molecule has 2 aliphatic rings. The molecule has 0 amide bonds. The third-order valence-electron chi connectivity index (χ3n) is 6.09. The number of hydrogen-bond acceptors (Lipinski definition) is 1. The number of hydrogen-bond donors (Lipinski definition) is 1. The molecule has 0 aromatic rings. The summed E-state index contributed by atoms with van der Waals surface area (Å²) in [6, 6.07) is 0.797. The van der Waals surface area contributed by atoms with E-state index in [0.29, 0.717) is 5.41 Å². The van der Waals surface area contributed by atoms with Crippen molar-refractivity contribution < 1.29 is 0 Å². The van der Waals surface area contributed by atoms with Crippen molar-refractivity contribution >= 4 is 0 Å². The van der Waals surface area contributed by atoms with Crippen molar-refractivity contribution in [2.24, 2.45) is 17.3 Å². The van der Waals surface area contributed by atoms with E-state index in [0.717, 1.165) is 17.9 Å². The highest BCUT2D eigenvalue weighted by Crippen LogP contribution is 2.48. The third kappa shape index (κ3) is 4.98. The Labute approximate surface area is 133 Å². The maximum atomic E-state index is 4.00. The van der Waals surface area contributed by atoms with Gasteiger partial charge in [0.1, 0.15) is 0 Å². The Kier molecular flexibility index (Phi) is 7.05. The largest absolute Gasteiger partial charge is 0.313 e. The molecule has 124 valence electrons. The number of nitrogens with one attached hydrogen (secondary N) is 1. The van der Waals surface area contributed by atoms with Gasteiger partial charge in [-0.2, -0.15) is 0 Å². The van der Waals surface area contributed by atoms with Crippen LogP contribution in [-0.2, 0) is 0 Å². The molecule has 1 N–H and O–H groups in total. The average molecular weight is 294 g/mol. The summed E-state index contributed by atoms with van der Waals surface area (Å²) in [4.78, 5) is 0. The van der Waals surface area contributed by atoms with Crippen LogP contribution in [0, 0.1) is 17.3 Å². The molecule has 0 bridgehead atoms. The van der Waals surface area contributed by atoms with E-state index in [1.165, 1.54) is 83.6 Å². The zero-order valence-electron chi connectivity index (χ0n) is 14.9. The first-order valence-electron chi connectivity index (χ1n) is 9.89. The van der Waals surface area contributed by atoms with E-state index in [9.17, 15) is 0 Å². The number of rotatable bonds is 8. The second-order valence-corrected chi connectivity index (χ2v) is 8.41. The highest BCUT2D eigenvalue weighted by Gasteiger charge is 2.41. The predicted molar refractivity (Wildman–Crippen MR) is 93.6 cm³/mol. The lowest BCUT2D eigenvalue weighted by atomic mass is 9.68. The zero-order chi connectivity index (χ0) is 15.1. The summed E-state index contributed by atoms with van der Waals surface area (Å²) in [6.07, 6.45) is 17.6. The molecule has 2 rings (SSSR count). The SMILES string of the molecule is CCCNC(CC1CCCCC1)C1(CC(C)C)CCCC1. The van der Waals surface area contributed by atoms with Gasteiger partial charge in [-0.05, 0) is 55.9 Å². The van der Waals surface area contributed by atoms with Crippen LogP contribution in [0.15, 0.2) is 0 Å². The summed E-state index contributed by atoms with van der Waals surface area (Å²) in [5.74, 6) is 1.86. The van der Waals surface area contributed by atoms with Gasteiger partial charge in [0.15, 0.2) is 0 Å². The van der Waals surface area contributed by atoms with E-state index in [2.05, 4.69) is 26.1 Å². The molecular formula is C20H39N. The van der Waals surface area contributed by atoms with Gasteiger partial charge < -0.3 is 5.32 Å². The molecule has 0 spiro atoms. The van der Waals surface area contributed by atoms with Crippen LogP contribution in [0.25, 0.3) is 0 Å². The maximum Gasteiger partial charge on any atom is 0.0126 e. The van der Waals surface area contributed by atoms with E-state index in [1.54, 1.807) is 0 Å². The third-order valence-corrected chi connectivity index (χ3v) is 6.09. The molecule has 1 heteroatoms. The first kappa shape index (κ1) is 17.3. The summed E-state index contributed by atoms with van der Waals surface area (Å²) in [7, 11) is 0. The van der Waals surface area contributed by atoms with Gasteiger partial charge in [0.2, 0.25) is 0 Å². The minimum absolute atomic E-state index is 0.626. The van der Waals surface area contributed by atoms with Gasteiger partial charge in [0, 0.05) is 6.04 Å². The van der Waals surface area contributed by atoms with Crippen LogP contribution < -0.4 is 5.32 Å². The summed E-state index contributed by atoms with van der Waals surface area (Å²) in [6.45, 7) is 8.39. The maximum absolute atomic E-state index is 4.00. The van der Waals surface area contributed by atoms with Crippen molar-refractivity contribution in [3.05, 3.63) is 0 Å². The van der Waals surface area contributed by atoms with Crippen LogP contribution in [0.3, 0.4) is 0 Å². The van der Waals surface area contributed by atoms with E-state index >= 15 is 0 Å². The molecule has 0 radical (unpaired) electrons. The van der Waals surface area contributed by atoms with Crippen molar-refractivity contribution in [1.29, 1.82) is 0 Å². The Hall–Kier alpha value is -0.0400. The van der Waals surface area contributed by atoms with E-state index in [-0.39, 0.29) is 0 Å². The molecule has 2 aliphatic carbocycles. The van der Waals surface area contributed by atoms with E-state index in [4.69, 9.17) is 0 Å². The Morgan fingerprint density at radius 2 is 1.67 bits per heavy atom. The lowest BCUT2D eigenvalue weighted by Gasteiger charge is -2.42. The van der Waals surface area contributed by atoms with Gasteiger partial charge in [-0.25, -0.2) is 0 Å². The molecule has 1 unspecified atom stereocenters. The summed E-state index contributed by atoms with van der Waals surface area (Å²) in [5.41, 5.74) is 0.626. The minimum atomic E-state index is 0.626. The lowest BCUT2D eigenvalue weighted by molar-refractivity contribution is 0.125. The van der Waals surface area contributed by atoms with Crippen LogP contribution in [0.4, 0.5) is 0 Å². The molecule has 0 saturated heterocycles. The van der Waals surface area contributed by atoms with E-state index in [1.807, 2.05) is 0 Å². The molecule has 0 aromatic heterocycles. The van der Waals surface area contributed by atoms with Crippen LogP contribution in [-0.4, -0.2) is 12.6 Å². The highest BCUT2D eigenvalue weighted by atomic mass is 14.9. The standard InChI is InChI=1S/C20H39N/c1-4-14-21-19(15-18-10-6-5-7-11-18)20(16-17(2)3)12-8-9-13-20/h17-19,21H,4-16H2,1-3H3. The van der Waals surface area contributed by atoms with E-state index < -0.39 is 0 Å². The molecular weight excluding hydrogens is 254 g/mol. The second-order valence-electron chi connectivity index (χ2n) is 8.41. The fourth-order valence-corrected chi connectivity index (χ4v) is 5.21. The van der Waals surface area contributed by atoms with Gasteiger partial charge in [-0.15, -0.1) is 0 Å². The summed E-state index contributed by atoms with van der Waals surface area (Å²) in [5, 5.41) is 4.00. The van der Waals surface area contributed by atoms with Crippen molar-refractivity contribution in [2.75, 3.05) is 6.54 Å². The molecule has 0 aliphatic heterocycles. The summed E-state index contributed by atoms with van der Waals surface area (Å²) >= 11 is 0. The first-order valence-corrected chi connectivity index (χ1v) is 9.89. The Balaban J connectivity index is 2.03. The molecule has 0 heterocycles. The monoisotopic (exact) mass is 293 g/mol. The lowest BCUT2D eigenvalue weighted by Crippen LogP contribution is -2.46. The minimum Gasteiger partial charge on any atom is -0.313 e. The molecule has 2 saturated carbocycles. The smallest absolute Gasteiger partial charge is 0.0126 e. The molecule has 1 nitrogen and oxygen atoms in total. The van der Waals surface area contributed by atoms with Gasteiger partial charge >= 0.3 is 0 Å². The van der Waals surface area contributed by atoms with Gasteiger partial charge in [0.05, 0.1) is 0 Å². The predicted octanol–water partition coefficient (Wildman–Crippen LogP) is 5.93. The van der Waals surface area contributed by atoms with Gasteiger partial charge in [-0.3, -0.25) is 0 Å². The Bertz CT molecular complexity index is 272. The van der Waals surface area contributed by atoms with Crippen LogP contribution in [0.1, 0.15) is 97.8 Å².